The third-order valence-electron chi connectivity index (χ3n) is 6.26. The number of aromatic nitrogens is 1. The number of rotatable bonds is 6. The molecule has 4 N–H and O–H groups in total. The zero-order valence-corrected chi connectivity index (χ0v) is 22.4. The fraction of sp³-hybridized carbons (Fsp3) is 0.0345. The van der Waals surface area contributed by atoms with Crippen LogP contribution in [0.25, 0.3) is 21.5 Å². The third-order valence-corrected chi connectivity index (χ3v) is 7.17. The second kappa shape index (κ2) is 11.1. The van der Waals surface area contributed by atoms with Crippen LogP contribution >= 0.6 is 23.2 Å². The summed E-state index contributed by atoms with van der Waals surface area (Å²) in [7, 11) is 1.62. The predicted octanol–water partition coefficient (Wildman–Crippen LogP) is 5.58. The lowest BCUT2D eigenvalue weighted by molar-refractivity contribution is 0.0944. The van der Waals surface area contributed by atoms with Gasteiger partial charge in [0.2, 0.25) is 0 Å². The summed E-state index contributed by atoms with van der Waals surface area (Å²) in [6, 6.07) is 20.8. The van der Waals surface area contributed by atoms with Crippen molar-refractivity contribution in [2.45, 2.75) is 0 Å². The standard InChI is InChI=1S/C29H21Cl2N5O4/c1-36-26(30)22(14-32-34-28(39)20-10-16-6-2-4-8-18(16)12-24(20)37)23(27(36)31)15-33-35-29(40)21-11-17-7-3-5-9-19(17)13-25(21)38/h2-15,37-38H,1H3,(H,34,39)(H,35,40)/b32-14+,33-15+. The van der Waals surface area contributed by atoms with Crippen LogP contribution in [0.5, 0.6) is 11.5 Å². The van der Waals surface area contributed by atoms with Crippen LogP contribution in [0.1, 0.15) is 31.8 Å². The first-order chi connectivity index (χ1) is 19.2. The van der Waals surface area contributed by atoms with Gasteiger partial charge >= 0.3 is 0 Å². The molecule has 9 nitrogen and oxygen atoms in total. The first-order valence-electron chi connectivity index (χ1n) is 11.9. The number of nitrogens with zero attached hydrogens (tertiary/aromatic N) is 3. The first kappa shape index (κ1) is 26.7. The van der Waals surface area contributed by atoms with E-state index in [0.717, 1.165) is 21.5 Å². The van der Waals surface area contributed by atoms with Gasteiger partial charge in [-0.25, -0.2) is 10.9 Å². The van der Waals surface area contributed by atoms with Gasteiger partial charge in [-0.1, -0.05) is 71.7 Å². The van der Waals surface area contributed by atoms with Crippen LogP contribution < -0.4 is 10.9 Å². The second-order valence-electron chi connectivity index (χ2n) is 8.80. The molecule has 0 atom stereocenters. The van der Waals surface area contributed by atoms with Crippen molar-refractivity contribution in [1.82, 2.24) is 15.4 Å². The van der Waals surface area contributed by atoms with E-state index in [1.165, 1.54) is 29.1 Å². The molecule has 4 aromatic carbocycles. The number of nitrogens with one attached hydrogen (secondary N) is 2. The van der Waals surface area contributed by atoms with Crippen molar-refractivity contribution >= 4 is 69.0 Å². The normalized spacial score (nSPS) is 11.6. The van der Waals surface area contributed by atoms with Crippen LogP contribution in [0, 0.1) is 0 Å². The molecule has 11 heteroatoms. The average molecular weight is 574 g/mol. The molecule has 0 spiro atoms. The van der Waals surface area contributed by atoms with E-state index < -0.39 is 11.8 Å². The molecule has 40 heavy (non-hydrogen) atoms. The van der Waals surface area contributed by atoms with Crippen LogP contribution in [0.2, 0.25) is 10.3 Å². The Labute approximate surface area is 238 Å². The Morgan fingerprint density at radius 3 is 1.43 bits per heavy atom. The van der Waals surface area contributed by atoms with Crippen molar-refractivity contribution in [3.63, 3.8) is 0 Å². The summed E-state index contributed by atoms with van der Waals surface area (Å²) in [6.07, 6.45) is 2.56. The topological polar surface area (TPSA) is 128 Å². The fourth-order valence-corrected chi connectivity index (χ4v) is 4.68. The van der Waals surface area contributed by atoms with E-state index in [2.05, 4.69) is 21.1 Å². The number of halogens is 2. The van der Waals surface area contributed by atoms with Gasteiger partial charge in [-0.05, 0) is 45.8 Å². The number of benzene rings is 4. The molecule has 2 amide bonds. The van der Waals surface area contributed by atoms with Gasteiger partial charge in [0.25, 0.3) is 11.8 Å². The van der Waals surface area contributed by atoms with Gasteiger partial charge in [0.1, 0.15) is 21.8 Å². The quantitative estimate of drug-likeness (QED) is 0.156. The maximum absolute atomic E-state index is 12.7. The highest BCUT2D eigenvalue weighted by atomic mass is 35.5. The number of amides is 2. The van der Waals surface area contributed by atoms with Gasteiger partial charge in [-0.3, -0.25) is 9.59 Å². The van der Waals surface area contributed by atoms with E-state index in [-0.39, 0.29) is 32.9 Å². The average Bonchev–Trinajstić information content (AvgIpc) is 3.15. The van der Waals surface area contributed by atoms with Crippen molar-refractivity contribution in [2.24, 2.45) is 17.3 Å². The molecule has 0 aliphatic heterocycles. The van der Waals surface area contributed by atoms with E-state index in [0.29, 0.717) is 11.1 Å². The number of aromatic hydroxyl groups is 2. The minimum Gasteiger partial charge on any atom is -0.507 e. The maximum Gasteiger partial charge on any atom is 0.275 e. The molecule has 0 fully saturated rings. The number of carbonyl (C=O) groups is 2. The molecular formula is C29H21Cl2N5O4. The number of hydrazone groups is 2. The number of fused-ring (bicyclic) bond motifs is 2. The Morgan fingerprint density at radius 2 is 1.05 bits per heavy atom. The lowest BCUT2D eigenvalue weighted by atomic mass is 10.1. The smallest absolute Gasteiger partial charge is 0.275 e. The lowest BCUT2D eigenvalue weighted by Gasteiger charge is -2.06. The molecule has 200 valence electrons. The largest absolute Gasteiger partial charge is 0.507 e. The van der Waals surface area contributed by atoms with Crippen molar-refractivity contribution in [1.29, 1.82) is 0 Å². The van der Waals surface area contributed by atoms with Gasteiger partial charge in [-0.2, -0.15) is 10.2 Å². The summed E-state index contributed by atoms with van der Waals surface area (Å²) in [4.78, 5) is 25.4. The summed E-state index contributed by atoms with van der Waals surface area (Å²) < 4.78 is 1.47. The van der Waals surface area contributed by atoms with E-state index in [1.54, 1.807) is 19.2 Å². The third kappa shape index (κ3) is 5.20. The van der Waals surface area contributed by atoms with Crippen molar-refractivity contribution < 1.29 is 19.8 Å². The first-order valence-corrected chi connectivity index (χ1v) is 12.6. The zero-order valence-electron chi connectivity index (χ0n) is 20.9. The number of hydrogen-bond donors (Lipinski definition) is 4. The Morgan fingerprint density at radius 1 is 0.700 bits per heavy atom. The minimum absolute atomic E-state index is 0.0504. The Hall–Kier alpha value is -4.86. The molecule has 0 aliphatic rings. The van der Waals surface area contributed by atoms with Gasteiger partial charge in [0.05, 0.1) is 23.6 Å². The lowest BCUT2D eigenvalue weighted by Crippen LogP contribution is -2.18. The van der Waals surface area contributed by atoms with E-state index in [4.69, 9.17) is 23.2 Å². The molecule has 5 rings (SSSR count). The zero-order chi connectivity index (χ0) is 28.4. The highest BCUT2D eigenvalue weighted by molar-refractivity contribution is 6.38. The van der Waals surface area contributed by atoms with Crippen molar-refractivity contribution in [3.05, 3.63) is 105 Å². The number of carbonyl (C=O) groups excluding carboxylic acids is 2. The van der Waals surface area contributed by atoms with Gasteiger partial charge in [-0.15, -0.1) is 0 Å². The van der Waals surface area contributed by atoms with E-state index >= 15 is 0 Å². The molecule has 1 heterocycles. The van der Waals surface area contributed by atoms with Crippen LogP contribution in [0.15, 0.2) is 83.0 Å². The molecule has 0 saturated heterocycles. The Balaban J connectivity index is 1.33. The number of phenolic OH excluding ortho intramolecular Hbond substituents is 2. The van der Waals surface area contributed by atoms with E-state index in [9.17, 15) is 19.8 Å². The van der Waals surface area contributed by atoms with Crippen molar-refractivity contribution in [2.75, 3.05) is 0 Å². The summed E-state index contributed by atoms with van der Waals surface area (Å²) in [6.45, 7) is 0. The maximum atomic E-state index is 12.7. The van der Waals surface area contributed by atoms with Gasteiger partial charge in [0.15, 0.2) is 0 Å². The van der Waals surface area contributed by atoms with Crippen LogP contribution in [0.3, 0.4) is 0 Å². The van der Waals surface area contributed by atoms with Crippen LogP contribution in [-0.2, 0) is 7.05 Å². The van der Waals surface area contributed by atoms with E-state index in [1.807, 2.05) is 48.5 Å². The molecule has 0 bridgehead atoms. The summed E-state index contributed by atoms with van der Waals surface area (Å²) >= 11 is 12.8. The van der Waals surface area contributed by atoms with Gasteiger partial charge in [0, 0.05) is 18.2 Å². The Bertz CT molecular complexity index is 1730. The summed E-state index contributed by atoms with van der Waals surface area (Å²) in [5.74, 6) is -1.63. The Kier molecular flexibility index (Phi) is 7.41. The van der Waals surface area contributed by atoms with Gasteiger partial charge < -0.3 is 14.8 Å². The second-order valence-corrected chi connectivity index (χ2v) is 9.52. The molecular weight excluding hydrogens is 553 g/mol. The van der Waals surface area contributed by atoms with Crippen LogP contribution in [0.4, 0.5) is 0 Å². The SMILES string of the molecule is Cn1c(Cl)c(/C=N/NC(=O)c2cc3ccccc3cc2O)c(/C=N/NC(=O)c2cc3ccccc3cc2O)c1Cl. The number of phenols is 2. The highest BCUT2D eigenvalue weighted by Gasteiger charge is 2.18. The molecule has 0 aliphatic carbocycles. The molecule has 0 unspecified atom stereocenters. The van der Waals surface area contributed by atoms with Crippen molar-refractivity contribution in [3.8, 4) is 11.5 Å². The molecule has 0 saturated carbocycles. The van der Waals surface area contributed by atoms with Crippen LogP contribution in [-0.4, -0.2) is 39.0 Å². The molecule has 0 radical (unpaired) electrons. The number of hydrogen-bond acceptors (Lipinski definition) is 6. The minimum atomic E-state index is -0.629. The monoisotopic (exact) mass is 573 g/mol. The molecule has 5 aromatic rings. The summed E-state index contributed by atoms with van der Waals surface area (Å²) in [5, 5.41) is 32.1. The summed E-state index contributed by atoms with van der Waals surface area (Å²) in [5.41, 5.74) is 5.49. The fourth-order valence-electron chi connectivity index (χ4n) is 4.17. The molecule has 1 aromatic heterocycles. The highest BCUT2D eigenvalue weighted by Crippen LogP contribution is 2.29. The predicted molar refractivity (Wildman–Crippen MR) is 157 cm³/mol.